The molecule has 2 rings (SSSR count). The van der Waals surface area contributed by atoms with Crippen LogP contribution in [0.15, 0.2) is 30.7 Å². The van der Waals surface area contributed by atoms with Gasteiger partial charge in [-0.25, -0.2) is 4.68 Å². The summed E-state index contributed by atoms with van der Waals surface area (Å²) in [5.74, 6) is 0. The van der Waals surface area contributed by atoms with Gasteiger partial charge < -0.3 is 0 Å². The van der Waals surface area contributed by atoms with E-state index in [9.17, 15) is 13.2 Å². The summed E-state index contributed by atoms with van der Waals surface area (Å²) in [5, 5.41) is 3.36. The van der Waals surface area contributed by atoms with Gasteiger partial charge in [-0.15, -0.1) is 0 Å². The fourth-order valence-electron chi connectivity index (χ4n) is 1.06. The van der Waals surface area contributed by atoms with Crippen LogP contribution in [0.3, 0.4) is 0 Å². The topological polar surface area (TPSA) is 30.7 Å². The molecule has 0 aliphatic heterocycles. The first-order valence-corrected chi connectivity index (χ1v) is 4.02. The minimum absolute atomic E-state index is 0.511. The second-order valence-electron chi connectivity index (χ2n) is 2.77. The maximum Gasteiger partial charge on any atom is 0.435 e. The molecular weight excluding hydrogens is 207 g/mol. The van der Waals surface area contributed by atoms with Crippen molar-refractivity contribution in [1.29, 1.82) is 0 Å². The van der Waals surface area contributed by atoms with Crippen LogP contribution < -0.4 is 0 Å². The summed E-state index contributed by atoms with van der Waals surface area (Å²) >= 11 is 0. The van der Waals surface area contributed by atoms with Crippen LogP contribution in [0.1, 0.15) is 5.69 Å². The lowest BCUT2D eigenvalue weighted by Crippen LogP contribution is -2.07. The van der Waals surface area contributed by atoms with Gasteiger partial charge in [0.15, 0.2) is 5.69 Å². The smallest absolute Gasteiger partial charge is 0.265 e. The Morgan fingerprint density at radius 2 is 1.87 bits per heavy atom. The number of aromatic nitrogens is 3. The molecule has 0 aromatic carbocycles. The van der Waals surface area contributed by atoms with Crippen molar-refractivity contribution < 1.29 is 13.2 Å². The molecule has 0 unspecified atom stereocenters. The molecule has 2 aromatic rings. The third-order valence-electron chi connectivity index (χ3n) is 1.73. The molecule has 0 N–H and O–H groups in total. The molecule has 3 nitrogen and oxygen atoms in total. The molecule has 0 saturated heterocycles. The first-order chi connectivity index (χ1) is 7.07. The van der Waals surface area contributed by atoms with Crippen LogP contribution in [0, 0.1) is 6.07 Å². The van der Waals surface area contributed by atoms with E-state index in [4.69, 9.17) is 0 Å². The minimum atomic E-state index is -4.46. The highest BCUT2D eigenvalue weighted by Gasteiger charge is 2.33. The number of alkyl halides is 3. The molecule has 77 valence electrons. The van der Waals surface area contributed by atoms with Crippen LogP contribution in [0.2, 0.25) is 0 Å². The first kappa shape index (κ1) is 9.70. The summed E-state index contributed by atoms with van der Waals surface area (Å²) in [6.45, 7) is 0. The largest absolute Gasteiger partial charge is 0.435 e. The quantitative estimate of drug-likeness (QED) is 0.724. The molecule has 6 heteroatoms. The van der Waals surface area contributed by atoms with E-state index in [0.717, 1.165) is 10.9 Å². The van der Waals surface area contributed by atoms with Gasteiger partial charge in [-0.05, 0) is 12.1 Å². The Morgan fingerprint density at radius 3 is 2.40 bits per heavy atom. The lowest BCUT2D eigenvalue weighted by atomic mass is 10.4. The van der Waals surface area contributed by atoms with Crippen molar-refractivity contribution >= 4 is 0 Å². The molecule has 15 heavy (non-hydrogen) atoms. The number of nitrogens with zero attached hydrogens (tertiary/aromatic N) is 3. The van der Waals surface area contributed by atoms with Crippen LogP contribution >= 0.6 is 0 Å². The predicted molar refractivity (Wildman–Crippen MR) is 45.2 cm³/mol. The number of halogens is 3. The van der Waals surface area contributed by atoms with Crippen LogP contribution in [0.25, 0.3) is 5.69 Å². The number of hydrogen-bond acceptors (Lipinski definition) is 2. The summed E-state index contributed by atoms with van der Waals surface area (Å²) in [7, 11) is 0. The summed E-state index contributed by atoms with van der Waals surface area (Å²) in [6, 6.07) is 5.16. The Morgan fingerprint density at radius 1 is 1.20 bits per heavy atom. The average molecular weight is 212 g/mol. The van der Waals surface area contributed by atoms with Crippen molar-refractivity contribution in [3.63, 3.8) is 0 Å². The summed E-state index contributed by atoms with van der Waals surface area (Å²) < 4.78 is 37.7. The second-order valence-corrected chi connectivity index (χ2v) is 2.77. The maximum absolute atomic E-state index is 12.2. The standard InChI is InChI=1S/C9H5F3N3/c10-9(11,12)8-3-6-15(14-8)7-1-4-13-5-2-7/h1-2,4-6H. The van der Waals surface area contributed by atoms with E-state index in [-0.39, 0.29) is 0 Å². The van der Waals surface area contributed by atoms with Gasteiger partial charge in [0.2, 0.25) is 0 Å². The van der Waals surface area contributed by atoms with Crippen LogP contribution in [-0.2, 0) is 6.18 Å². The van der Waals surface area contributed by atoms with Crippen LogP contribution in [0.4, 0.5) is 13.2 Å². The highest BCUT2D eigenvalue weighted by Crippen LogP contribution is 2.27. The molecule has 1 radical (unpaired) electrons. The molecule has 0 saturated carbocycles. The molecule has 0 amide bonds. The lowest BCUT2D eigenvalue weighted by Gasteiger charge is -2.01. The van der Waals surface area contributed by atoms with Crippen molar-refractivity contribution in [2.75, 3.05) is 0 Å². The number of rotatable bonds is 1. The van der Waals surface area contributed by atoms with Gasteiger partial charge in [-0.1, -0.05) is 0 Å². The average Bonchev–Trinajstić information content (AvgIpc) is 2.67. The Hall–Kier alpha value is -1.85. The van der Waals surface area contributed by atoms with E-state index >= 15 is 0 Å². The molecule has 0 spiro atoms. The SMILES string of the molecule is FC(F)(F)c1[c]cn(-c2ccncc2)n1. The fraction of sp³-hybridized carbons (Fsp3) is 0.111. The van der Waals surface area contributed by atoms with Gasteiger partial charge in [0, 0.05) is 24.7 Å². The van der Waals surface area contributed by atoms with Gasteiger partial charge >= 0.3 is 6.18 Å². The Kier molecular flexibility index (Phi) is 2.18. The van der Waals surface area contributed by atoms with Gasteiger partial charge in [-0.2, -0.15) is 18.3 Å². The minimum Gasteiger partial charge on any atom is -0.265 e. The Labute approximate surface area is 83.2 Å². The van der Waals surface area contributed by atoms with Gasteiger partial charge in [0.05, 0.1) is 5.69 Å². The summed E-state index contributed by atoms with van der Waals surface area (Å²) in [4.78, 5) is 3.75. The monoisotopic (exact) mass is 212 g/mol. The number of pyridine rings is 1. The predicted octanol–water partition coefficient (Wildman–Crippen LogP) is 2.09. The zero-order chi connectivity index (χ0) is 10.9. The molecule has 0 fully saturated rings. The third kappa shape index (κ3) is 1.98. The van der Waals surface area contributed by atoms with Crippen molar-refractivity contribution in [1.82, 2.24) is 14.8 Å². The van der Waals surface area contributed by atoms with Crippen molar-refractivity contribution in [2.24, 2.45) is 0 Å². The molecule has 0 atom stereocenters. The van der Waals surface area contributed by atoms with E-state index in [1.807, 2.05) is 0 Å². The maximum atomic E-state index is 12.2. The lowest BCUT2D eigenvalue weighted by molar-refractivity contribution is -0.141. The van der Waals surface area contributed by atoms with Gasteiger partial charge in [0.1, 0.15) is 0 Å². The highest BCUT2D eigenvalue weighted by molar-refractivity contribution is 5.27. The molecular formula is C9H5F3N3. The van der Waals surface area contributed by atoms with Crippen molar-refractivity contribution in [3.05, 3.63) is 42.5 Å². The van der Waals surface area contributed by atoms with Crippen molar-refractivity contribution in [2.45, 2.75) is 6.18 Å². The van der Waals surface area contributed by atoms with E-state index in [0.29, 0.717) is 5.69 Å². The summed E-state index contributed by atoms with van der Waals surface area (Å²) in [6.07, 6.45) is -0.370. The van der Waals surface area contributed by atoms with E-state index in [1.165, 1.54) is 12.4 Å². The fourth-order valence-corrected chi connectivity index (χ4v) is 1.06. The molecule has 0 aliphatic carbocycles. The molecule has 0 aliphatic rings. The van der Waals surface area contributed by atoms with Gasteiger partial charge in [0.25, 0.3) is 0 Å². The Balaban J connectivity index is 2.37. The number of hydrogen-bond donors (Lipinski definition) is 0. The molecule has 2 heterocycles. The van der Waals surface area contributed by atoms with Gasteiger partial charge in [-0.3, -0.25) is 4.98 Å². The zero-order valence-corrected chi connectivity index (χ0v) is 7.36. The summed E-state index contributed by atoms with van der Waals surface area (Å²) in [5.41, 5.74) is -0.518. The first-order valence-electron chi connectivity index (χ1n) is 4.02. The zero-order valence-electron chi connectivity index (χ0n) is 7.36. The molecule has 0 bridgehead atoms. The molecule has 2 aromatic heterocycles. The van der Waals surface area contributed by atoms with E-state index in [2.05, 4.69) is 16.1 Å². The van der Waals surface area contributed by atoms with E-state index < -0.39 is 11.9 Å². The van der Waals surface area contributed by atoms with Crippen LogP contribution in [0.5, 0.6) is 0 Å². The van der Waals surface area contributed by atoms with Crippen LogP contribution in [-0.4, -0.2) is 14.8 Å². The Bertz CT molecular complexity index is 447. The van der Waals surface area contributed by atoms with E-state index in [1.54, 1.807) is 12.1 Å². The third-order valence-corrected chi connectivity index (χ3v) is 1.73. The van der Waals surface area contributed by atoms with Crippen molar-refractivity contribution in [3.8, 4) is 5.69 Å². The second kappa shape index (κ2) is 3.38. The highest BCUT2D eigenvalue weighted by atomic mass is 19.4. The normalized spacial score (nSPS) is 11.7.